The van der Waals surface area contributed by atoms with Gasteiger partial charge in [-0.3, -0.25) is 19.4 Å². The van der Waals surface area contributed by atoms with Gasteiger partial charge in [-0.2, -0.15) is 0 Å². The first-order chi connectivity index (χ1) is 10.2. The molecule has 2 saturated heterocycles. The highest BCUT2D eigenvalue weighted by atomic mass is 16.5. The average molecular weight is 299 g/mol. The Morgan fingerprint density at radius 3 is 2.19 bits per heavy atom. The first-order valence-corrected chi connectivity index (χ1v) is 7.65. The molecule has 120 valence electrons. The first-order valence-electron chi connectivity index (χ1n) is 7.65. The van der Waals surface area contributed by atoms with Crippen molar-refractivity contribution in [2.24, 2.45) is 0 Å². The van der Waals surface area contributed by atoms with E-state index < -0.39 is 0 Å². The Bertz CT molecular complexity index is 350. The van der Waals surface area contributed by atoms with Gasteiger partial charge in [0, 0.05) is 39.3 Å². The molecule has 2 heterocycles. The normalized spacial score (nSPS) is 21.3. The molecule has 21 heavy (non-hydrogen) atoms. The van der Waals surface area contributed by atoms with Crippen molar-refractivity contribution in [1.29, 1.82) is 0 Å². The van der Waals surface area contributed by atoms with Crippen molar-refractivity contribution < 1.29 is 19.1 Å². The van der Waals surface area contributed by atoms with Crippen LogP contribution < -0.4 is 0 Å². The number of carbonyl (C=O) groups is 2. The fourth-order valence-corrected chi connectivity index (χ4v) is 2.60. The zero-order chi connectivity index (χ0) is 15.1. The van der Waals surface area contributed by atoms with Gasteiger partial charge in [-0.25, -0.2) is 0 Å². The van der Waals surface area contributed by atoms with Crippen molar-refractivity contribution in [3.63, 3.8) is 0 Å². The minimum atomic E-state index is -0.189. The Morgan fingerprint density at radius 1 is 0.952 bits per heavy atom. The molecule has 0 aliphatic carbocycles. The second-order valence-electron chi connectivity index (χ2n) is 5.35. The molecule has 1 amide bonds. The highest BCUT2D eigenvalue weighted by Gasteiger charge is 2.24. The predicted octanol–water partition coefficient (Wildman–Crippen LogP) is -0.974. The third-order valence-electron chi connectivity index (χ3n) is 3.85. The Hall–Kier alpha value is -1.18. The quantitative estimate of drug-likeness (QED) is 0.609. The summed E-state index contributed by atoms with van der Waals surface area (Å²) in [7, 11) is 0. The van der Waals surface area contributed by atoms with E-state index in [0.717, 1.165) is 26.2 Å². The lowest BCUT2D eigenvalue weighted by Crippen LogP contribution is -2.53. The average Bonchev–Trinajstić information content (AvgIpc) is 2.49. The highest BCUT2D eigenvalue weighted by molar-refractivity contribution is 5.78. The third kappa shape index (κ3) is 5.26. The van der Waals surface area contributed by atoms with Crippen molar-refractivity contribution >= 4 is 11.9 Å². The summed E-state index contributed by atoms with van der Waals surface area (Å²) in [5.41, 5.74) is 0. The lowest BCUT2D eigenvalue weighted by Gasteiger charge is -2.35. The van der Waals surface area contributed by atoms with Crippen molar-refractivity contribution in [1.82, 2.24) is 14.7 Å². The molecule has 7 heteroatoms. The van der Waals surface area contributed by atoms with E-state index in [0.29, 0.717) is 46.0 Å². The van der Waals surface area contributed by atoms with Crippen LogP contribution in [-0.2, 0) is 19.1 Å². The van der Waals surface area contributed by atoms with Crippen LogP contribution in [0.3, 0.4) is 0 Å². The largest absolute Gasteiger partial charge is 0.465 e. The van der Waals surface area contributed by atoms with Gasteiger partial charge in [0.2, 0.25) is 5.91 Å². The van der Waals surface area contributed by atoms with Crippen LogP contribution in [0.25, 0.3) is 0 Å². The molecule has 2 aliphatic rings. The van der Waals surface area contributed by atoms with Crippen LogP contribution >= 0.6 is 0 Å². The number of amides is 1. The minimum Gasteiger partial charge on any atom is -0.465 e. The monoisotopic (exact) mass is 299 g/mol. The van der Waals surface area contributed by atoms with Crippen molar-refractivity contribution in [2.75, 3.05) is 72.2 Å². The van der Waals surface area contributed by atoms with Crippen molar-refractivity contribution in [3.8, 4) is 0 Å². The summed E-state index contributed by atoms with van der Waals surface area (Å²) in [6, 6.07) is 0. The molecule has 2 fully saturated rings. The Balaban J connectivity index is 1.67. The van der Waals surface area contributed by atoms with Crippen LogP contribution in [0.2, 0.25) is 0 Å². The van der Waals surface area contributed by atoms with E-state index in [-0.39, 0.29) is 11.9 Å². The predicted molar refractivity (Wildman–Crippen MR) is 76.9 cm³/mol. The maximum atomic E-state index is 12.2. The minimum absolute atomic E-state index is 0.174. The first kappa shape index (κ1) is 16.2. The Labute approximate surface area is 125 Å². The van der Waals surface area contributed by atoms with E-state index in [2.05, 4.69) is 4.90 Å². The lowest BCUT2D eigenvalue weighted by molar-refractivity contribution is -0.145. The summed E-state index contributed by atoms with van der Waals surface area (Å²) in [4.78, 5) is 29.7. The molecule has 0 saturated carbocycles. The summed E-state index contributed by atoms with van der Waals surface area (Å²) in [5, 5.41) is 0. The summed E-state index contributed by atoms with van der Waals surface area (Å²) in [5.74, 6) is -0.0155. The second-order valence-corrected chi connectivity index (χ2v) is 5.35. The van der Waals surface area contributed by atoms with E-state index in [1.165, 1.54) is 0 Å². The summed E-state index contributed by atoms with van der Waals surface area (Å²) < 4.78 is 10.2. The fourth-order valence-electron chi connectivity index (χ4n) is 2.60. The molecule has 0 aromatic heterocycles. The maximum Gasteiger partial charge on any atom is 0.320 e. The van der Waals surface area contributed by atoms with E-state index in [1.54, 1.807) is 6.92 Å². The van der Waals surface area contributed by atoms with Crippen LogP contribution in [0.5, 0.6) is 0 Å². The summed E-state index contributed by atoms with van der Waals surface area (Å²) in [6.07, 6.45) is 0. The van der Waals surface area contributed by atoms with Crippen molar-refractivity contribution in [3.05, 3.63) is 0 Å². The van der Waals surface area contributed by atoms with Gasteiger partial charge in [-0.05, 0) is 6.92 Å². The highest BCUT2D eigenvalue weighted by Crippen LogP contribution is 2.05. The lowest BCUT2D eigenvalue weighted by atomic mass is 10.3. The van der Waals surface area contributed by atoms with Gasteiger partial charge in [-0.15, -0.1) is 0 Å². The zero-order valence-electron chi connectivity index (χ0n) is 12.8. The number of ether oxygens (including phenoxy) is 2. The van der Waals surface area contributed by atoms with Crippen LogP contribution in [0.1, 0.15) is 6.92 Å². The number of rotatable bonds is 5. The Kier molecular flexibility index (Phi) is 6.41. The molecule has 7 nitrogen and oxygen atoms in total. The number of esters is 1. The number of piperazine rings is 1. The number of hydrogen-bond donors (Lipinski definition) is 0. The summed E-state index contributed by atoms with van der Waals surface area (Å²) >= 11 is 0. The zero-order valence-corrected chi connectivity index (χ0v) is 12.8. The molecule has 0 aromatic rings. The molecule has 2 rings (SSSR count). The van der Waals surface area contributed by atoms with E-state index in [4.69, 9.17) is 9.47 Å². The summed E-state index contributed by atoms with van der Waals surface area (Å²) in [6.45, 7) is 8.91. The van der Waals surface area contributed by atoms with Crippen molar-refractivity contribution in [2.45, 2.75) is 6.92 Å². The van der Waals surface area contributed by atoms with Gasteiger partial charge in [0.25, 0.3) is 0 Å². The van der Waals surface area contributed by atoms with E-state index >= 15 is 0 Å². The van der Waals surface area contributed by atoms with Crippen LogP contribution in [0.4, 0.5) is 0 Å². The molecule has 0 unspecified atom stereocenters. The Morgan fingerprint density at radius 2 is 1.57 bits per heavy atom. The number of carbonyl (C=O) groups excluding carboxylic acids is 2. The smallest absolute Gasteiger partial charge is 0.320 e. The molecular weight excluding hydrogens is 274 g/mol. The fraction of sp³-hybridized carbons (Fsp3) is 0.857. The number of morpholine rings is 1. The molecule has 0 spiro atoms. The molecular formula is C14H25N3O4. The van der Waals surface area contributed by atoms with Gasteiger partial charge >= 0.3 is 5.97 Å². The third-order valence-corrected chi connectivity index (χ3v) is 3.85. The molecule has 0 N–H and O–H groups in total. The molecule has 0 atom stereocenters. The number of hydrogen-bond acceptors (Lipinski definition) is 6. The molecule has 0 bridgehead atoms. The second kappa shape index (κ2) is 8.31. The molecule has 0 radical (unpaired) electrons. The van der Waals surface area contributed by atoms with Gasteiger partial charge < -0.3 is 14.4 Å². The van der Waals surface area contributed by atoms with Gasteiger partial charge in [-0.1, -0.05) is 0 Å². The van der Waals surface area contributed by atoms with Crippen LogP contribution in [0, 0.1) is 0 Å². The number of nitrogens with zero attached hydrogens (tertiary/aromatic N) is 3. The van der Waals surface area contributed by atoms with Gasteiger partial charge in [0.15, 0.2) is 0 Å². The van der Waals surface area contributed by atoms with Crippen LogP contribution in [-0.4, -0.2) is 98.8 Å². The standard InChI is InChI=1S/C14H25N3O4/c1-2-21-14(19)12-15-3-5-17(6-4-15)13(18)11-16-7-9-20-10-8-16/h2-12H2,1H3. The topological polar surface area (TPSA) is 62.3 Å². The van der Waals surface area contributed by atoms with Gasteiger partial charge in [0.1, 0.15) is 0 Å². The van der Waals surface area contributed by atoms with E-state index in [9.17, 15) is 9.59 Å². The molecule has 2 aliphatic heterocycles. The van der Waals surface area contributed by atoms with Crippen LogP contribution in [0.15, 0.2) is 0 Å². The maximum absolute atomic E-state index is 12.2. The van der Waals surface area contributed by atoms with Gasteiger partial charge in [0.05, 0.1) is 32.9 Å². The SMILES string of the molecule is CCOC(=O)CN1CCN(C(=O)CN2CCOCC2)CC1. The van der Waals surface area contributed by atoms with E-state index in [1.807, 2.05) is 9.80 Å². The molecule has 0 aromatic carbocycles.